The fraction of sp³-hybridized carbons (Fsp3) is 0.154. The van der Waals surface area contributed by atoms with Crippen molar-refractivity contribution in [2.45, 2.75) is 12.5 Å². The third kappa shape index (κ3) is 3.54. The summed E-state index contributed by atoms with van der Waals surface area (Å²) in [5.41, 5.74) is 8.19. The fourth-order valence-electron chi connectivity index (χ4n) is 1.66. The van der Waals surface area contributed by atoms with Crippen molar-refractivity contribution in [2.24, 2.45) is 5.73 Å². The molecule has 0 fully saturated rings. The van der Waals surface area contributed by atoms with Crippen LogP contribution in [0.5, 0.6) is 0 Å². The van der Waals surface area contributed by atoms with Gasteiger partial charge in [-0.05, 0) is 45.8 Å². The number of aromatic nitrogens is 1. The van der Waals surface area contributed by atoms with Crippen LogP contribution in [0.25, 0.3) is 0 Å². The SMILES string of the molecule is NC(Cc1ccc(Br)cn1)c1ccc(Cl)cc1Br. The molecular formula is C13H11Br2ClN2. The first-order valence-corrected chi connectivity index (χ1v) is 7.33. The summed E-state index contributed by atoms with van der Waals surface area (Å²) in [7, 11) is 0. The van der Waals surface area contributed by atoms with Gasteiger partial charge in [-0.3, -0.25) is 4.98 Å². The quantitative estimate of drug-likeness (QED) is 0.838. The van der Waals surface area contributed by atoms with Gasteiger partial charge in [-0.1, -0.05) is 33.6 Å². The average Bonchev–Trinajstić information content (AvgIpc) is 2.32. The molecule has 1 heterocycles. The van der Waals surface area contributed by atoms with E-state index in [4.69, 9.17) is 17.3 Å². The number of rotatable bonds is 3. The molecule has 0 aliphatic rings. The van der Waals surface area contributed by atoms with Gasteiger partial charge in [-0.2, -0.15) is 0 Å². The molecule has 2 aromatic rings. The predicted molar refractivity (Wildman–Crippen MR) is 81.7 cm³/mol. The molecule has 1 atom stereocenters. The number of nitrogens with zero attached hydrogens (tertiary/aromatic N) is 1. The summed E-state index contributed by atoms with van der Waals surface area (Å²) in [6.45, 7) is 0. The lowest BCUT2D eigenvalue weighted by molar-refractivity contribution is 0.703. The largest absolute Gasteiger partial charge is 0.324 e. The Hall–Kier alpha value is -0.420. The van der Waals surface area contributed by atoms with E-state index in [1.807, 2.05) is 30.3 Å². The van der Waals surface area contributed by atoms with Crippen molar-refractivity contribution in [1.82, 2.24) is 4.98 Å². The second kappa shape index (κ2) is 6.15. The predicted octanol–water partition coefficient (Wildman–Crippen LogP) is 4.50. The minimum Gasteiger partial charge on any atom is -0.324 e. The molecule has 2 rings (SSSR count). The van der Waals surface area contributed by atoms with Crippen LogP contribution >= 0.6 is 43.5 Å². The van der Waals surface area contributed by atoms with E-state index in [2.05, 4.69) is 36.8 Å². The minimum atomic E-state index is -0.106. The van der Waals surface area contributed by atoms with Crippen molar-refractivity contribution in [3.63, 3.8) is 0 Å². The summed E-state index contributed by atoms with van der Waals surface area (Å²) >= 11 is 12.8. The Morgan fingerprint density at radius 1 is 1.22 bits per heavy atom. The van der Waals surface area contributed by atoms with Crippen LogP contribution < -0.4 is 5.73 Å². The summed E-state index contributed by atoms with van der Waals surface area (Å²) in [6, 6.07) is 9.46. The van der Waals surface area contributed by atoms with Crippen LogP contribution in [-0.2, 0) is 6.42 Å². The Bertz CT molecular complexity index is 543. The van der Waals surface area contributed by atoms with Gasteiger partial charge >= 0.3 is 0 Å². The van der Waals surface area contributed by atoms with Gasteiger partial charge in [-0.15, -0.1) is 0 Å². The lowest BCUT2D eigenvalue weighted by Crippen LogP contribution is -2.14. The lowest BCUT2D eigenvalue weighted by Gasteiger charge is -2.13. The van der Waals surface area contributed by atoms with Gasteiger partial charge < -0.3 is 5.73 Å². The first kappa shape index (κ1) is 14.0. The smallest absolute Gasteiger partial charge is 0.0423 e. The molecule has 18 heavy (non-hydrogen) atoms. The maximum absolute atomic E-state index is 6.19. The van der Waals surface area contributed by atoms with E-state index in [0.717, 1.165) is 20.2 Å². The van der Waals surface area contributed by atoms with Crippen molar-refractivity contribution in [2.75, 3.05) is 0 Å². The summed E-state index contributed by atoms with van der Waals surface area (Å²) in [5, 5.41) is 0.694. The summed E-state index contributed by atoms with van der Waals surface area (Å²) in [5.74, 6) is 0. The van der Waals surface area contributed by atoms with Crippen molar-refractivity contribution >= 4 is 43.5 Å². The molecule has 1 aromatic heterocycles. The number of hydrogen-bond donors (Lipinski definition) is 1. The van der Waals surface area contributed by atoms with Crippen LogP contribution in [0.2, 0.25) is 5.02 Å². The van der Waals surface area contributed by atoms with Gasteiger partial charge in [0, 0.05) is 38.3 Å². The zero-order valence-electron chi connectivity index (χ0n) is 9.41. The molecule has 0 saturated carbocycles. The molecule has 0 radical (unpaired) electrons. The third-order valence-electron chi connectivity index (χ3n) is 2.58. The van der Waals surface area contributed by atoms with E-state index in [1.54, 1.807) is 6.20 Å². The van der Waals surface area contributed by atoms with E-state index in [-0.39, 0.29) is 6.04 Å². The van der Waals surface area contributed by atoms with Crippen molar-refractivity contribution in [3.05, 3.63) is 61.8 Å². The van der Waals surface area contributed by atoms with Gasteiger partial charge in [0.25, 0.3) is 0 Å². The maximum atomic E-state index is 6.19. The normalized spacial score (nSPS) is 12.4. The van der Waals surface area contributed by atoms with Crippen molar-refractivity contribution in [1.29, 1.82) is 0 Å². The molecule has 0 spiro atoms. The van der Waals surface area contributed by atoms with Gasteiger partial charge in [-0.25, -0.2) is 0 Å². The molecule has 5 heteroatoms. The zero-order chi connectivity index (χ0) is 13.1. The highest BCUT2D eigenvalue weighted by Crippen LogP contribution is 2.27. The summed E-state index contributed by atoms with van der Waals surface area (Å²) in [4.78, 5) is 4.32. The van der Waals surface area contributed by atoms with Crippen LogP contribution in [0.1, 0.15) is 17.3 Å². The maximum Gasteiger partial charge on any atom is 0.0423 e. The zero-order valence-corrected chi connectivity index (χ0v) is 13.3. The highest BCUT2D eigenvalue weighted by atomic mass is 79.9. The molecule has 0 aliphatic carbocycles. The topological polar surface area (TPSA) is 38.9 Å². The third-order valence-corrected chi connectivity index (χ3v) is 3.97. The number of nitrogens with two attached hydrogens (primary N) is 1. The number of hydrogen-bond acceptors (Lipinski definition) is 2. The van der Waals surface area contributed by atoms with Gasteiger partial charge in [0.05, 0.1) is 0 Å². The molecule has 2 nitrogen and oxygen atoms in total. The Balaban J connectivity index is 2.16. The number of pyridine rings is 1. The minimum absolute atomic E-state index is 0.106. The molecule has 1 unspecified atom stereocenters. The first-order chi connectivity index (χ1) is 8.56. The van der Waals surface area contributed by atoms with Gasteiger partial charge in [0.15, 0.2) is 0 Å². The van der Waals surface area contributed by atoms with E-state index in [1.165, 1.54) is 0 Å². The Kier molecular flexibility index (Phi) is 4.78. The van der Waals surface area contributed by atoms with Crippen molar-refractivity contribution in [3.8, 4) is 0 Å². The highest BCUT2D eigenvalue weighted by Gasteiger charge is 2.11. The Morgan fingerprint density at radius 2 is 2.00 bits per heavy atom. The van der Waals surface area contributed by atoms with Crippen LogP contribution in [0, 0.1) is 0 Å². The molecule has 0 amide bonds. The van der Waals surface area contributed by atoms with E-state index >= 15 is 0 Å². The molecular weight excluding hydrogens is 379 g/mol. The van der Waals surface area contributed by atoms with Crippen LogP contribution in [0.4, 0.5) is 0 Å². The molecule has 0 saturated heterocycles. The van der Waals surface area contributed by atoms with E-state index in [9.17, 15) is 0 Å². The molecule has 1 aromatic carbocycles. The van der Waals surface area contributed by atoms with Gasteiger partial charge in [0.1, 0.15) is 0 Å². The lowest BCUT2D eigenvalue weighted by atomic mass is 10.0. The Morgan fingerprint density at radius 3 is 2.61 bits per heavy atom. The van der Waals surface area contributed by atoms with Crippen molar-refractivity contribution < 1.29 is 0 Å². The summed E-state index contributed by atoms with van der Waals surface area (Å²) < 4.78 is 1.90. The monoisotopic (exact) mass is 388 g/mol. The average molecular weight is 391 g/mol. The molecule has 0 aliphatic heterocycles. The van der Waals surface area contributed by atoms with E-state index in [0.29, 0.717) is 11.4 Å². The molecule has 2 N–H and O–H groups in total. The molecule has 0 bridgehead atoms. The second-order valence-electron chi connectivity index (χ2n) is 3.94. The van der Waals surface area contributed by atoms with Gasteiger partial charge in [0.2, 0.25) is 0 Å². The van der Waals surface area contributed by atoms with Crippen LogP contribution in [0.3, 0.4) is 0 Å². The standard InChI is InChI=1S/C13H11Br2ClN2/c14-8-1-3-10(18-7-8)6-13(17)11-4-2-9(16)5-12(11)15/h1-5,7,13H,6,17H2. The Labute approximate surface area is 128 Å². The second-order valence-corrected chi connectivity index (χ2v) is 6.15. The summed E-state index contributed by atoms with van der Waals surface area (Å²) in [6.07, 6.45) is 2.46. The first-order valence-electron chi connectivity index (χ1n) is 5.37. The van der Waals surface area contributed by atoms with E-state index < -0.39 is 0 Å². The fourth-order valence-corrected chi connectivity index (χ4v) is 2.88. The number of halogens is 3. The number of benzene rings is 1. The van der Waals surface area contributed by atoms with Crippen LogP contribution in [-0.4, -0.2) is 4.98 Å². The molecule has 94 valence electrons. The highest BCUT2D eigenvalue weighted by molar-refractivity contribution is 9.10. The van der Waals surface area contributed by atoms with Crippen LogP contribution in [0.15, 0.2) is 45.5 Å².